The molecule has 0 saturated carbocycles. The molecule has 1 heterocycles. The van der Waals surface area contributed by atoms with Gasteiger partial charge in [-0.2, -0.15) is 0 Å². The molecule has 0 spiro atoms. The number of anilines is 1. The summed E-state index contributed by atoms with van der Waals surface area (Å²) in [4.78, 5) is 14.9. The Hall–Kier alpha value is -1.40. The van der Waals surface area contributed by atoms with Crippen LogP contribution in [0.1, 0.15) is 0 Å². The molecular weight excluding hydrogens is 222 g/mol. The number of carbonyl (C=O) groups is 1. The number of amides is 1. The van der Waals surface area contributed by atoms with Gasteiger partial charge in [0.25, 0.3) is 0 Å². The van der Waals surface area contributed by atoms with E-state index in [4.69, 9.17) is 5.11 Å². The predicted octanol–water partition coefficient (Wildman–Crippen LogP) is -1.32. The first-order valence-corrected chi connectivity index (χ1v) is 5.51. The van der Waals surface area contributed by atoms with Crippen LogP contribution < -0.4 is 10.4 Å². The average Bonchev–Trinajstić information content (AvgIpc) is 2.60. The lowest BCUT2D eigenvalue weighted by Gasteiger charge is -2.18. The fraction of sp³-hybridized carbons (Fsp3) is 0.364. The molecule has 0 aromatic heterocycles. The van der Waals surface area contributed by atoms with Crippen molar-refractivity contribution in [2.75, 3.05) is 31.3 Å². The van der Waals surface area contributed by atoms with Crippen molar-refractivity contribution < 1.29 is 14.3 Å². The molecule has 1 aliphatic heterocycles. The van der Waals surface area contributed by atoms with Crippen LogP contribution in [0.5, 0.6) is 0 Å². The average molecular weight is 236 g/mol. The zero-order valence-corrected chi connectivity index (χ0v) is 9.69. The van der Waals surface area contributed by atoms with Gasteiger partial charge in [-0.3, -0.25) is 14.6 Å². The highest BCUT2D eigenvalue weighted by Crippen LogP contribution is 2.21. The number of aliphatic hydroxyl groups excluding tert-OH is 1. The van der Waals surface area contributed by atoms with E-state index >= 15 is 0 Å². The third-order valence-corrected chi connectivity index (χ3v) is 2.81. The summed E-state index contributed by atoms with van der Waals surface area (Å²) < 4.78 is 13.7. The van der Waals surface area contributed by atoms with E-state index in [-0.39, 0.29) is 24.9 Å². The van der Waals surface area contributed by atoms with Crippen LogP contribution in [0.2, 0.25) is 0 Å². The van der Waals surface area contributed by atoms with Gasteiger partial charge < -0.3 is 5.11 Å². The number of carbonyl (C=O) groups excluding carboxylic acids is 1. The molecule has 90 valence electrons. The van der Waals surface area contributed by atoms with Gasteiger partial charge in [-0.25, -0.2) is 4.39 Å². The number of nitrogens with zero attached hydrogens (tertiary/aromatic N) is 2. The molecule has 17 heavy (non-hydrogen) atoms. The van der Waals surface area contributed by atoms with Crippen LogP contribution in [-0.2, 0) is 4.79 Å². The summed E-state index contributed by atoms with van der Waals surface area (Å²) in [5.41, 5.74) is 1.13. The van der Waals surface area contributed by atoms with Crippen molar-refractivity contribution in [2.45, 2.75) is 0 Å². The van der Waals surface area contributed by atoms with Crippen LogP contribution in [0.4, 0.5) is 10.1 Å². The molecule has 1 aliphatic rings. The largest absolute Gasteiger partial charge is 0.395 e. The normalized spacial score (nSPS) is 16.8. The lowest BCUT2D eigenvalue weighted by molar-refractivity contribution is -0.116. The second kappa shape index (κ2) is 4.85. The Labute approximate surface area is 100 Å². The van der Waals surface area contributed by atoms with Crippen LogP contribution in [0.15, 0.2) is 18.2 Å². The first-order valence-electron chi connectivity index (χ1n) is 5.51. The van der Waals surface area contributed by atoms with E-state index in [0.717, 1.165) is 5.46 Å². The summed E-state index contributed by atoms with van der Waals surface area (Å²) in [5.74, 6) is -0.523. The number of aliphatic hydroxyl groups is 1. The fourth-order valence-corrected chi connectivity index (χ4v) is 1.94. The van der Waals surface area contributed by atoms with E-state index in [1.165, 1.54) is 11.0 Å². The molecule has 1 fully saturated rings. The van der Waals surface area contributed by atoms with E-state index < -0.39 is 0 Å². The maximum atomic E-state index is 13.7. The first kappa shape index (κ1) is 12.1. The molecule has 1 N–H and O–H groups in total. The van der Waals surface area contributed by atoms with Gasteiger partial charge in [0.1, 0.15) is 13.7 Å². The topological polar surface area (TPSA) is 43.8 Å². The second-order valence-corrected chi connectivity index (χ2v) is 4.19. The Morgan fingerprint density at radius 3 is 2.88 bits per heavy atom. The maximum absolute atomic E-state index is 13.7. The van der Waals surface area contributed by atoms with E-state index in [2.05, 4.69) is 0 Å². The van der Waals surface area contributed by atoms with Crippen molar-refractivity contribution in [1.82, 2.24) is 4.90 Å². The van der Waals surface area contributed by atoms with Crippen molar-refractivity contribution in [3.05, 3.63) is 24.0 Å². The molecule has 0 unspecified atom stereocenters. The van der Waals surface area contributed by atoms with Crippen LogP contribution in [-0.4, -0.2) is 50.1 Å². The number of benzene rings is 1. The molecule has 1 aromatic carbocycles. The summed E-state index contributed by atoms with van der Waals surface area (Å²) in [5, 5.41) is 8.82. The van der Waals surface area contributed by atoms with Crippen LogP contribution >= 0.6 is 0 Å². The number of rotatable bonds is 3. The third kappa shape index (κ3) is 2.48. The monoisotopic (exact) mass is 236 g/mol. The van der Waals surface area contributed by atoms with Gasteiger partial charge in [-0.1, -0.05) is 11.5 Å². The second-order valence-electron chi connectivity index (χ2n) is 4.19. The quantitative estimate of drug-likeness (QED) is 0.662. The Balaban J connectivity index is 2.20. The number of hydrogen-bond acceptors (Lipinski definition) is 3. The van der Waals surface area contributed by atoms with Crippen molar-refractivity contribution in [1.29, 1.82) is 0 Å². The minimum absolute atomic E-state index is 0.00248. The van der Waals surface area contributed by atoms with Crippen molar-refractivity contribution in [3.8, 4) is 0 Å². The fourth-order valence-electron chi connectivity index (χ4n) is 1.94. The summed E-state index contributed by atoms with van der Waals surface area (Å²) in [7, 11) is 1.80. The van der Waals surface area contributed by atoms with Gasteiger partial charge >= 0.3 is 0 Å². The van der Waals surface area contributed by atoms with E-state index in [0.29, 0.717) is 18.9 Å². The molecule has 1 aromatic rings. The smallest absolute Gasteiger partial charge is 0.242 e. The molecule has 1 amide bonds. The SMILES string of the molecule is Bc1ccc(N2CN(CCO)CC2=O)c(F)c1. The van der Waals surface area contributed by atoms with Crippen molar-refractivity contribution >= 4 is 24.9 Å². The minimum Gasteiger partial charge on any atom is -0.395 e. The van der Waals surface area contributed by atoms with E-state index in [9.17, 15) is 9.18 Å². The van der Waals surface area contributed by atoms with Gasteiger partial charge in [0, 0.05) is 6.54 Å². The van der Waals surface area contributed by atoms with Gasteiger partial charge in [-0.05, 0) is 12.1 Å². The Morgan fingerprint density at radius 1 is 1.47 bits per heavy atom. The van der Waals surface area contributed by atoms with Gasteiger partial charge in [0.05, 0.1) is 25.5 Å². The van der Waals surface area contributed by atoms with Gasteiger partial charge in [0.2, 0.25) is 5.91 Å². The Kier molecular flexibility index (Phi) is 3.45. The van der Waals surface area contributed by atoms with Crippen LogP contribution in [0.3, 0.4) is 0 Å². The molecule has 0 bridgehead atoms. The Morgan fingerprint density at radius 2 is 2.24 bits per heavy atom. The third-order valence-electron chi connectivity index (χ3n) is 2.81. The molecule has 2 rings (SSSR count). The van der Waals surface area contributed by atoms with Gasteiger partial charge in [0.15, 0.2) is 0 Å². The maximum Gasteiger partial charge on any atom is 0.242 e. The van der Waals surface area contributed by atoms with Crippen LogP contribution in [0, 0.1) is 5.82 Å². The summed E-state index contributed by atoms with van der Waals surface area (Å²) in [6.45, 7) is 0.987. The number of halogens is 1. The number of hydrogen-bond donors (Lipinski definition) is 1. The summed E-state index contributed by atoms with van der Waals surface area (Å²) in [6.07, 6.45) is 0. The van der Waals surface area contributed by atoms with Crippen molar-refractivity contribution in [2.24, 2.45) is 0 Å². The van der Waals surface area contributed by atoms with Crippen molar-refractivity contribution in [3.63, 3.8) is 0 Å². The molecule has 6 heteroatoms. The highest BCUT2D eigenvalue weighted by Gasteiger charge is 2.29. The van der Waals surface area contributed by atoms with E-state index in [1.807, 2.05) is 0 Å². The first-order chi connectivity index (χ1) is 8.11. The molecule has 1 saturated heterocycles. The summed E-state index contributed by atoms with van der Waals surface area (Å²) >= 11 is 0. The molecule has 0 atom stereocenters. The summed E-state index contributed by atoms with van der Waals surface area (Å²) in [6, 6.07) is 4.81. The zero-order chi connectivity index (χ0) is 12.4. The molecule has 0 radical (unpaired) electrons. The van der Waals surface area contributed by atoms with Gasteiger partial charge in [-0.15, -0.1) is 0 Å². The molecule has 4 nitrogen and oxygen atoms in total. The molecular formula is C11H14BFN2O2. The standard InChI is InChI=1S/C11H14BFN2O2/c12-8-1-2-10(9(13)5-8)15-7-14(3-4-16)6-11(15)17/h1-2,5,16H,3-4,6-7,12H2. The minimum atomic E-state index is -0.385. The lowest BCUT2D eigenvalue weighted by Crippen LogP contribution is -2.29. The highest BCUT2D eigenvalue weighted by molar-refractivity contribution is 6.32. The zero-order valence-electron chi connectivity index (χ0n) is 9.69. The molecule has 0 aliphatic carbocycles. The van der Waals surface area contributed by atoms with Crippen LogP contribution in [0.25, 0.3) is 0 Å². The highest BCUT2D eigenvalue weighted by atomic mass is 19.1. The number of β-amino-alcohol motifs (C(OH)–C–C–N with tert-alkyl or cyclic N) is 1. The predicted molar refractivity (Wildman–Crippen MR) is 65.6 cm³/mol. The Bertz CT molecular complexity index is 441. The van der Waals surface area contributed by atoms with E-state index in [1.54, 1.807) is 24.9 Å². The lowest BCUT2D eigenvalue weighted by atomic mass is 9.96.